The van der Waals surface area contributed by atoms with E-state index in [1.54, 1.807) is 7.11 Å². The average Bonchev–Trinajstić information content (AvgIpc) is 3.21. The van der Waals surface area contributed by atoms with E-state index in [2.05, 4.69) is 72.6 Å². The van der Waals surface area contributed by atoms with Gasteiger partial charge in [-0.3, -0.25) is 5.43 Å². The van der Waals surface area contributed by atoms with Gasteiger partial charge in [-0.1, -0.05) is 49.6 Å². The van der Waals surface area contributed by atoms with Crippen LogP contribution in [0.15, 0.2) is 64.2 Å². The van der Waals surface area contributed by atoms with Crippen LogP contribution in [-0.2, 0) is 14.3 Å². The summed E-state index contributed by atoms with van der Waals surface area (Å²) in [6.07, 6.45) is 12.2. The van der Waals surface area contributed by atoms with Crippen LogP contribution in [0.3, 0.4) is 0 Å². The van der Waals surface area contributed by atoms with Crippen molar-refractivity contribution in [3.05, 3.63) is 70.3 Å². The Labute approximate surface area is 224 Å². The highest BCUT2D eigenvalue weighted by Crippen LogP contribution is 2.21. The fraction of sp³-hybridized carbons (Fsp3) is 0.567. The normalized spacial score (nSPS) is 20.0. The van der Waals surface area contributed by atoms with Gasteiger partial charge in [0.1, 0.15) is 18.8 Å². The number of likely N-dealkylation sites (tertiary alicyclic amines) is 1. The molecule has 0 bridgehead atoms. The molecule has 2 aliphatic heterocycles. The largest absolute Gasteiger partial charge is 0.447 e. The average molecular weight is 512 g/mol. The molecule has 0 aliphatic carbocycles. The van der Waals surface area contributed by atoms with Gasteiger partial charge in [-0.15, -0.1) is 4.65 Å². The lowest BCUT2D eigenvalue weighted by atomic mass is 10.1. The molecule has 2 saturated heterocycles. The minimum atomic E-state index is 0.462. The van der Waals surface area contributed by atoms with E-state index in [1.165, 1.54) is 36.8 Å². The van der Waals surface area contributed by atoms with Crippen molar-refractivity contribution in [2.24, 2.45) is 5.10 Å². The number of quaternary nitrogens is 1. The summed E-state index contributed by atoms with van der Waals surface area (Å²) in [5.41, 5.74) is 9.09. The van der Waals surface area contributed by atoms with Crippen molar-refractivity contribution in [2.45, 2.75) is 59.8 Å². The molecule has 0 amide bonds. The Balaban J connectivity index is 1.83. The number of rotatable bonds is 11. The molecule has 7 nitrogen and oxygen atoms in total. The molecule has 0 spiro atoms. The standard InChI is InChI=1S/C30H47N4O3/c1-6-26(3)30(32-31-23-28-13-11-12-25(2)20-28)22-29(33-14-9-7-8-10-15-33)21-27(4)37-24-34(35-5)16-18-36-19-17-34/h11-13,20-23,32H,6-10,14-19,24H2,1-5H3/q+1/b27-21+,29-22+,30-26-,31-23+. The van der Waals surface area contributed by atoms with Crippen molar-refractivity contribution in [3.63, 3.8) is 0 Å². The maximum atomic E-state index is 6.27. The number of hydrazone groups is 1. The van der Waals surface area contributed by atoms with Crippen LogP contribution in [0.5, 0.6) is 0 Å². The molecule has 204 valence electrons. The van der Waals surface area contributed by atoms with Crippen molar-refractivity contribution in [2.75, 3.05) is 53.2 Å². The van der Waals surface area contributed by atoms with Crippen LogP contribution in [0.25, 0.3) is 0 Å². The van der Waals surface area contributed by atoms with Crippen LogP contribution >= 0.6 is 0 Å². The summed E-state index contributed by atoms with van der Waals surface area (Å²) in [5, 5.41) is 4.59. The quantitative estimate of drug-likeness (QED) is 0.137. The number of nitrogens with one attached hydrogen (secondary N) is 1. The molecule has 0 unspecified atom stereocenters. The van der Waals surface area contributed by atoms with Gasteiger partial charge in [-0.05, 0) is 63.3 Å². The Kier molecular flexibility index (Phi) is 11.7. The fourth-order valence-electron chi connectivity index (χ4n) is 4.58. The molecule has 2 aliphatic rings. The lowest BCUT2D eigenvalue weighted by molar-refractivity contribution is -1.12. The molecule has 1 aromatic carbocycles. The predicted octanol–water partition coefficient (Wildman–Crippen LogP) is 5.65. The Hall–Kier alpha value is -2.61. The van der Waals surface area contributed by atoms with Crippen molar-refractivity contribution in [1.82, 2.24) is 10.3 Å². The number of aryl methyl sites for hydroxylation is 1. The molecule has 7 heteroatoms. The van der Waals surface area contributed by atoms with Gasteiger partial charge in [0.15, 0.2) is 0 Å². The zero-order chi connectivity index (χ0) is 26.5. The van der Waals surface area contributed by atoms with Gasteiger partial charge in [0.05, 0.1) is 32.2 Å². The summed E-state index contributed by atoms with van der Waals surface area (Å²) in [6, 6.07) is 8.36. The lowest BCUT2D eigenvalue weighted by Crippen LogP contribution is -2.55. The van der Waals surface area contributed by atoms with Crippen molar-refractivity contribution in [1.29, 1.82) is 0 Å². The molecule has 0 atom stereocenters. The van der Waals surface area contributed by atoms with Crippen LogP contribution in [-0.4, -0.2) is 69.0 Å². The Morgan fingerprint density at radius 1 is 1.11 bits per heavy atom. The van der Waals surface area contributed by atoms with Crippen LogP contribution in [0.4, 0.5) is 0 Å². The van der Waals surface area contributed by atoms with E-state index in [0.717, 1.165) is 55.3 Å². The number of morpholine rings is 1. The van der Waals surface area contributed by atoms with Gasteiger partial charge in [0, 0.05) is 18.8 Å². The van der Waals surface area contributed by atoms with Gasteiger partial charge >= 0.3 is 0 Å². The van der Waals surface area contributed by atoms with Crippen LogP contribution < -0.4 is 5.43 Å². The van der Waals surface area contributed by atoms with E-state index < -0.39 is 0 Å². The topological polar surface area (TPSA) is 55.3 Å². The SMILES string of the molecule is CC/C(C)=C(/C=C(\C=C(/C)OC[N+]1(OC)CCOCC1)N1CCCCCC1)N/N=C/c1cccc(C)c1. The monoisotopic (exact) mass is 511 g/mol. The van der Waals surface area contributed by atoms with Crippen LogP contribution in [0, 0.1) is 6.92 Å². The first-order chi connectivity index (χ1) is 17.9. The third-order valence-corrected chi connectivity index (χ3v) is 7.25. The minimum absolute atomic E-state index is 0.462. The molecule has 1 aromatic rings. The second kappa shape index (κ2) is 15.0. The van der Waals surface area contributed by atoms with E-state index in [0.29, 0.717) is 24.6 Å². The summed E-state index contributed by atoms with van der Waals surface area (Å²) >= 11 is 0. The first-order valence-electron chi connectivity index (χ1n) is 13.8. The number of hydrogen-bond acceptors (Lipinski definition) is 6. The zero-order valence-corrected chi connectivity index (χ0v) is 23.6. The molecule has 3 rings (SSSR count). The number of hydrogen-bond donors (Lipinski definition) is 1. The first-order valence-corrected chi connectivity index (χ1v) is 13.8. The molecule has 2 heterocycles. The molecule has 0 aromatic heterocycles. The molecule has 2 fully saturated rings. The maximum absolute atomic E-state index is 6.27. The van der Waals surface area contributed by atoms with Crippen LogP contribution in [0.1, 0.15) is 64.0 Å². The highest BCUT2D eigenvalue weighted by atomic mass is 16.7. The van der Waals surface area contributed by atoms with Gasteiger partial charge in [0.2, 0.25) is 0 Å². The predicted molar refractivity (Wildman–Crippen MR) is 151 cm³/mol. The van der Waals surface area contributed by atoms with Crippen molar-refractivity contribution < 1.29 is 19.0 Å². The minimum Gasteiger partial charge on any atom is -0.447 e. The third kappa shape index (κ3) is 9.33. The van der Waals surface area contributed by atoms with E-state index in [-0.39, 0.29) is 0 Å². The lowest BCUT2D eigenvalue weighted by Gasteiger charge is -2.36. The summed E-state index contributed by atoms with van der Waals surface area (Å²) in [6.45, 7) is 14.0. The summed E-state index contributed by atoms with van der Waals surface area (Å²) in [7, 11) is 1.75. The third-order valence-electron chi connectivity index (χ3n) is 7.25. The molecular formula is C30H47N4O3+. The second-order valence-electron chi connectivity index (χ2n) is 10.1. The van der Waals surface area contributed by atoms with E-state index in [9.17, 15) is 0 Å². The number of benzene rings is 1. The summed E-state index contributed by atoms with van der Waals surface area (Å²) in [4.78, 5) is 8.30. The zero-order valence-electron chi connectivity index (χ0n) is 23.6. The van der Waals surface area contributed by atoms with Gasteiger partial charge in [0.25, 0.3) is 6.73 Å². The molecule has 1 N–H and O–H groups in total. The molecule has 37 heavy (non-hydrogen) atoms. The van der Waals surface area contributed by atoms with Crippen LogP contribution in [0.2, 0.25) is 0 Å². The smallest absolute Gasteiger partial charge is 0.252 e. The first kappa shape index (κ1) is 29.0. The molecular weight excluding hydrogens is 464 g/mol. The molecule has 0 saturated carbocycles. The highest BCUT2D eigenvalue weighted by molar-refractivity contribution is 5.79. The Morgan fingerprint density at radius 2 is 1.84 bits per heavy atom. The van der Waals surface area contributed by atoms with Gasteiger partial charge in [-0.2, -0.15) is 5.10 Å². The summed E-state index contributed by atoms with van der Waals surface area (Å²) < 4.78 is 12.3. The van der Waals surface area contributed by atoms with Crippen molar-refractivity contribution in [3.8, 4) is 0 Å². The van der Waals surface area contributed by atoms with E-state index in [4.69, 9.17) is 14.3 Å². The fourth-order valence-corrected chi connectivity index (χ4v) is 4.58. The van der Waals surface area contributed by atoms with Gasteiger partial charge < -0.3 is 14.4 Å². The molecule has 0 radical (unpaired) electrons. The van der Waals surface area contributed by atoms with Crippen molar-refractivity contribution >= 4 is 6.21 Å². The second-order valence-corrected chi connectivity index (χ2v) is 10.1. The van der Waals surface area contributed by atoms with Gasteiger partial charge in [-0.25, -0.2) is 4.84 Å². The number of allylic oxidation sites excluding steroid dienone is 4. The summed E-state index contributed by atoms with van der Waals surface area (Å²) in [5.74, 6) is 0.883. The Morgan fingerprint density at radius 3 is 2.49 bits per heavy atom. The van der Waals surface area contributed by atoms with E-state index >= 15 is 0 Å². The Bertz CT molecular complexity index is 969. The van der Waals surface area contributed by atoms with E-state index in [1.807, 2.05) is 13.1 Å². The highest BCUT2D eigenvalue weighted by Gasteiger charge is 2.32. The number of nitrogens with zero attached hydrogens (tertiary/aromatic N) is 3. The number of hydroxylamine groups is 3. The maximum Gasteiger partial charge on any atom is 0.252 e. The number of ether oxygens (including phenoxy) is 2.